The summed E-state index contributed by atoms with van der Waals surface area (Å²) < 4.78 is 67.6. The lowest BCUT2D eigenvalue weighted by Gasteiger charge is -2.39. The number of aryl methyl sites for hydroxylation is 1. The summed E-state index contributed by atoms with van der Waals surface area (Å²) in [5, 5.41) is 0. The number of rotatable bonds is 4. The van der Waals surface area contributed by atoms with Crippen LogP contribution in [0.25, 0.3) is 0 Å². The molecule has 0 N–H and O–H groups in total. The van der Waals surface area contributed by atoms with Crippen molar-refractivity contribution in [1.82, 2.24) is 4.31 Å². The van der Waals surface area contributed by atoms with Gasteiger partial charge in [-0.1, -0.05) is 42.0 Å². The summed E-state index contributed by atoms with van der Waals surface area (Å²) in [5.41, 5.74) is 1.36. The van der Waals surface area contributed by atoms with E-state index in [-0.39, 0.29) is 23.4 Å². The van der Waals surface area contributed by atoms with Crippen molar-refractivity contribution in [1.29, 1.82) is 0 Å². The zero-order valence-corrected chi connectivity index (χ0v) is 16.0. The summed E-state index contributed by atoms with van der Waals surface area (Å²) in [6.45, 7) is 1.55. The normalized spacial score (nSPS) is 21.4. The van der Waals surface area contributed by atoms with Gasteiger partial charge < -0.3 is 0 Å². The van der Waals surface area contributed by atoms with Gasteiger partial charge in [0.25, 0.3) is 0 Å². The third kappa shape index (κ3) is 3.98. The molecule has 0 aromatic heterocycles. The summed E-state index contributed by atoms with van der Waals surface area (Å²) in [7, 11) is -4.02. The lowest BCUT2D eigenvalue weighted by molar-refractivity contribution is -0.186. The van der Waals surface area contributed by atoms with E-state index < -0.39 is 34.6 Å². The quantitative estimate of drug-likeness (QED) is 0.696. The van der Waals surface area contributed by atoms with Crippen LogP contribution in [0, 0.1) is 12.8 Å². The largest absolute Gasteiger partial charge is 0.391 e. The Hall–Kier alpha value is -2.19. The van der Waals surface area contributed by atoms with Crippen LogP contribution in [-0.4, -0.2) is 31.7 Å². The fourth-order valence-electron chi connectivity index (χ4n) is 3.58. The molecule has 150 valence electrons. The maximum Gasteiger partial charge on any atom is 0.391 e. The van der Waals surface area contributed by atoms with Crippen molar-refractivity contribution in [2.75, 3.05) is 6.54 Å². The number of piperidine rings is 1. The van der Waals surface area contributed by atoms with Crippen LogP contribution in [0.4, 0.5) is 13.2 Å². The Bertz CT molecular complexity index is 955. The van der Waals surface area contributed by atoms with Crippen LogP contribution in [0.5, 0.6) is 0 Å². The van der Waals surface area contributed by atoms with Gasteiger partial charge in [0.2, 0.25) is 10.0 Å². The van der Waals surface area contributed by atoms with Gasteiger partial charge in [0.15, 0.2) is 0 Å². The predicted octanol–water partition coefficient (Wildman–Crippen LogP) is 4.51. The second kappa shape index (κ2) is 7.67. The molecule has 0 bridgehead atoms. The third-order valence-electron chi connectivity index (χ3n) is 5.13. The maximum absolute atomic E-state index is 13.4. The van der Waals surface area contributed by atoms with E-state index in [1.54, 1.807) is 24.3 Å². The molecule has 2 atom stereocenters. The number of hydrogen-bond donors (Lipinski definition) is 0. The molecule has 1 aliphatic rings. The molecule has 0 saturated carbocycles. The zero-order chi connectivity index (χ0) is 20.5. The Morgan fingerprint density at radius 3 is 2.32 bits per heavy atom. The first kappa shape index (κ1) is 20.5. The molecular weight excluding hydrogens is 391 g/mol. The SMILES string of the molecule is Cc1ccc(S(=O)(=O)N2CCC(C(F)(F)F)CC2c2ccccc2C=O)cc1. The maximum atomic E-state index is 13.4. The average Bonchev–Trinajstić information content (AvgIpc) is 2.67. The highest BCUT2D eigenvalue weighted by Crippen LogP contribution is 2.44. The number of aldehydes is 1. The van der Waals surface area contributed by atoms with Crippen LogP contribution in [-0.2, 0) is 10.0 Å². The van der Waals surface area contributed by atoms with Crippen molar-refractivity contribution in [2.45, 2.75) is 36.9 Å². The smallest absolute Gasteiger partial charge is 0.298 e. The fourth-order valence-corrected chi connectivity index (χ4v) is 5.21. The van der Waals surface area contributed by atoms with Gasteiger partial charge in [0.1, 0.15) is 6.29 Å². The highest BCUT2D eigenvalue weighted by atomic mass is 32.2. The van der Waals surface area contributed by atoms with E-state index in [9.17, 15) is 26.4 Å². The van der Waals surface area contributed by atoms with Gasteiger partial charge in [-0.3, -0.25) is 4.79 Å². The Morgan fingerprint density at radius 1 is 1.07 bits per heavy atom. The monoisotopic (exact) mass is 411 g/mol. The third-order valence-corrected chi connectivity index (χ3v) is 7.05. The van der Waals surface area contributed by atoms with Crippen molar-refractivity contribution in [3.8, 4) is 0 Å². The second-order valence-electron chi connectivity index (χ2n) is 6.95. The molecule has 4 nitrogen and oxygen atoms in total. The van der Waals surface area contributed by atoms with Crippen molar-refractivity contribution in [3.05, 3.63) is 65.2 Å². The lowest BCUT2D eigenvalue weighted by atomic mass is 9.86. The Morgan fingerprint density at radius 2 is 1.71 bits per heavy atom. The Labute approximate surface area is 162 Å². The number of alkyl halides is 3. The number of carbonyl (C=O) groups excluding carboxylic acids is 1. The highest BCUT2D eigenvalue weighted by Gasteiger charge is 2.47. The first-order valence-corrected chi connectivity index (χ1v) is 10.3. The summed E-state index contributed by atoms with van der Waals surface area (Å²) in [4.78, 5) is 11.4. The minimum atomic E-state index is -4.42. The van der Waals surface area contributed by atoms with Gasteiger partial charge in [-0.25, -0.2) is 8.42 Å². The summed E-state index contributed by atoms with van der Waals surface area (Å²) in [6, 6.07) is 11.3. The van der Waals surface area contributed by atoms with Gasteiger partial charge in [0, 0.05) is 12.1 Å². The van der Waals surface area contributed by atoms with E-state index in [1.807, 2.05) is 6.92 Å². The fraction of sp³-hybridized carbons (Fsp3) is 0.350. The summed E-state index contributed by atoms with van der Waals surface area (Å²) >= 11 is 0. The number of carbonyl (C=O) groups is 1. The first-order chi connectivity index (χ1) is 13.1. The molecule has 0 spiro atoms. The summed E-state index contributed by atoms with van der Waals surface area (Å²) in [5.74, 6) is -1.62. The van der Waals surface area contributed by atoms with E-state index in [0.29, 0.717) is 11.8 Å². The van der Waals surface area contributed by atoms with Gasteiger partial charge >= 0.3 is 6.18 Å². The first-order valence-electron chi connectivity index (χ1n) is 8.84. The molecule has 8 heteroatoms. The molecule has 2 unspecified atom stereocenters. The molecule has 1 saturated heterocycles. The number of hydrogen-bond acceptors (Lipinski definition) is 3. The molecule has 0 radical (unpaired) electrons. The van der Waals surface area contributed by atoms with E-state index in [0.717, 1.165) is 9.87 Å². The number of sulfonamides is 1. The minimum Gasteiger partial charge on any atom is -0.298 e. The topological polar surface area (TPSA) is 54.5 Å². The summed E-state index contributed by atoms with van der Waals surface area (Å²) in [6.07, 6.45) is -4.61. The van der Waals surface area contributed by atoms with E-state index >= 15 is 0 Å². The molecule has 1 fully saturated rings. The number of halogens is 3. The van der Waals surface area contributed by atoms with Gasteiger partial charge in [0.05, 0.1) is 16.9 Å². The molecule has 1 aliphatic heterocycles. The molecule has 0 aliphatic carbocycles. The molecule has 3 rings (SSSR count). The van der Waals surface area contributed by atoms with E-state index in [1.165, 1.54) is 24.3 Å². The van der Waals surface area contributed by atoms with Crippen LogP contribution >= 0.6 is 0 Å². The van der Waals surface area contributed by atoms with Crippen LogP contribution in [0.1, 0.15) is 40.4 Å². The van der Waals surface area contributed by atoms with Crippen LogP contribution in [0.3, 0.4) is 0 Å². The molecule has 2 aromatic carbocycles. The van der Waals surface area contributed by atoms with Crippen molar-refractivity contribution in [2.24, 2.45) is 5.92 Å². The standard InChI is InChI=1S/C20H20F3NO3S/c1-14-6-8-17(9-7-14)28(26,27)24-11-10-16(20(21,22)23)12-19(24)18-5-3-2-4-15(18)13-25/h2-9,13,16,19H,10-12H2,1H3. The van der Waals surface area contributed by atoms with E-state index in [2.05, 4.69) is 0 Å². The average molecular weight is 411 g/mol. The predicted molar refractivity (Wildman–Crippen MR) is 98.4 cm³/mol. The lowest BCUT2D eigenvalue weighted by Crippen LogP contribution is -2.44. The van der Waals surface area contributed by atoms with Crippen molar-refractivity contribution >= 4 is 16.3 Å². The molecule has 0 amide bonds. The number of benzene rings is 2. The molecule has 1 heterocycles. The zero-order valence-electron chi connectivity index (χ0n) is 15.2. The van der Waals surface area contributed by atoms with Crippen LogP contribution in [0.2, 0.25) is 0 Å². The number of nitrogens with zero attached hydrogens (tertiary/aromatic N) is 1. The van der Waals surface area contributed by atoms with Crippen molar-refractivity contribution in [3.63, 3.8) is 0 Å². The van der Waals surface area contributed by atoms with Gasteiger partial charge in [-0.2, -0.15) is 17.5 Å². The molecule has 28 heavy (non-hydrogen) atoms. The van der Waals surface area contributed by atoms with Gasteiger partial charge in [-0.15, -0.1) is 0 Å². The van der Waals surface area contributed by atoms with Gasteiger partial charge in [-0.05, 0) is 37.5 Å². The molecular formula is C20H20F3NO3S. The second-order valence-corrected chi connectivity index (χ2v) is 8.84. The minimum absolute atomic E-state index is 0.0251. The van der Waals surface area contributed by atoms with Crippen LogP contribution < -0.4 is 0 Å². The highest BCUT2D eigenvalue weighted by molar-refractivity contribution is 7.89. The Kier molecular flexibility index (Phi) is 5.63. The van der Waals surface area contributed by atoms with E-state index in [4.69, 9.17) is 0 Å². The Balaban J connectivity index is 2.07. The van der Waals surface area contributed by atoms with Crippen LogP contribution in [0.15, 0.2) is 53.4 Å². The molecule has 2 aromatic rings. The van der Waals surface area contributed by atoms with Crippen molar-refractivity contribution < 1.29 is 26.4 Å².